The van der Waals surface area contributed by atoms with Gasteiger partial charge in [-0.1, -0.05) is 0 Å². The average Bonchev–Trinajstić information content (AvgIpc) is 3.14. The minimum Gasteiger partial charge on any atom is -0.462 e. The molecule has 2 aliphatic heterocycles. The second-order valence-corrected chi connectivity index (χ2v) is 7.27. The number of fused-ring (bicyclic) bond motifs is 6. The first-order chi connectivity index (χ1) is 14.2. The summed E-state index contributed by atoms with van der Waals surface area (Å²) in [4.78, 5) is 48.0. The molecule has 0 spiro atoms. The van der Waals surface area contributed by atoms with Gasteiger partial charge in [-0.3, -0.25) is 19.0 Å². The van der Waals surface area contributed by atoms with Crippen molar-refractivity contribution in [2.45, 2.75) is 57.6 Å². The minimum atomic E-state index is -1.40. The van der Waals surface area contributed by atoms with Gasteiger partial charge in [0, 0.05) is 33.6 Å². The summed E-state index contributed by atoms with van der Waals surface area (Å²) in [6, 6.07) is 0. The molecule has 30 heavy (non-hydrogen) atoms. The van der Waals surface area contributed by atoms with Crippen LogP contribution in [0.1, 0.15) is 39.2 Å². The Morgan fingerprint density at radius 1 is 1.17 bits per heavy atom. The molecule has 4 rings (SSSR count). The number of anilines is 1. The topological polar surface area (TPSA) is 158 Å². The highest BCUT2D eigenvalue weighted by atomic mass is 16.6. The van der Waals surface area contributed by atoms with Crippen molar-refractivity contribution >= 4 is 34.9 Å². The molecule has 160 valence electrons. The zero-order chi connectivity index (χ0) is 21.6. The number of hydrogen-bond donors (Lipinski definition) is 1. The molecular formula is C18H21N5O7. The van der Waals surface area contributed by atoms with Crippen molar-refractivity contribution in [3.63, 3.8) is 0 Å². The molecule has 0 radical (unpaired) electrons. The molecule has 12 nitrogen and oxygen atoms in total. The summed E-state index contributed by atoms with van der Waals surface area (Å²) in [6.07, 6.45) is -0.832. The fourth-order valence-corrected chi connectivity index (χ4v) is 4.08. The van der Waals surface area contributed by atoms with Crippen molar-refractivity contribution in [1.82, 2.24) is 19.5 Å². The summed E-state index contributed by atoms with van der Waals surface area (Å²) in [5.41, 5.74) is 5.37. The zero-order valence-corrected chi connectivity index (χ0v) is 16.7. The van der Waals surface area contributed by atoms with E-state index in [4.69, 9.17) is 24.7 Å². The molecule has 4 heterocycles. The fourth-order valence-electron chi connectivity index (χ4n) is 4.08. The van der Waals surface area contributed by atoms with Gasteiger partial charge >= 0.3 is 17.9 Å². The van der Waals surface area contributed by atoms with Gasteiger partial charge in [0.2, 0.25) is 0 Å². The number of aromatic nitrogens is 4. The molecule has 2 bridgehead atoms. The van der Waals surface area contributed by atoms with E-state index in [1.54, 1.807) is 4.57 Å². The maximum Gasteiger partial charge on any atom is 0.303 e. The van der Waals surface area contributed by atoms with Crippen molar-refractivity contribution < 1.29 is 33.3 Å². The van der Waals surface area contributed by atoms with Crippen molar-refractivity contribution in [3.05, 3.63) is 12.2 Å². The molecule has 2 aromatic heterocycles. The van der Waals surface area contributed by atoms with Crippen LogP contribution in [0.5, 0.6) is 0 Å². The van der Waals surface area contributed by atoms with E-state index in [0.29, 0.717) is 17.0 Å². The summed E-state index contributed by atoms with van der Waals surface area (Å²) in [5.74, 6) is -0.946. The molecular weight excluding hydrogens is 398 g/mol. The first-order valence-electron chi connectivity index (χ1n) is 9.34. The van der Waals surface area contributed by atoms with Gasteiger partial charge in [0.15, 0.2) is 22.6 Å². The van der Waals surface area contributed by atoms with E-state index in [-0.39, 0.29) is 25.3 Å². The van der Waals surface area contributed by atoms with Gasteiger partial charge in [0.25, 0.3) is 0 Å². The Bertz CT molecular complexity index is 1040. The lowest BCUT2D eigenvalue weighted by Gasteiger charge is -2.37. The van der Waals surface area contributed by atoms with E-state index < -0.39 is 41.9 Å². The van der Waals surface area contributed by atoms with Crippen LogP contribution in [-0.4, -0.2) is 61.8 Å². The quantitative estimate of drug-likeness (QED) is 0.527. The highest BCUT2D eigenvalue weighted by molar-refractivity contribution is 5.82. The van der Waals surface area contributed by atoms with Gasteiger partial charge in [-0.05, 0) is 0 Å². The van der Waals surface area contributed by atoms with E-state index in [1.165, 1.54) is 27.1 Å². The number of hydrogen-bond acceptors (Lipinski definition) is 11. The van der Waals surface area contributed by atoms with Crippen molar-refractivity contribution in [1.29, 1.82) is 0 Å². The predicted molar refractivity (Wildman–Crippen MR) is 98.7 cm³/mol. The fraction of sp³-hybridized carbons (Fsp3) is 0.556. The van der Waals surface area contributed by atoms with Gasteiger partial charge in [-0.25, -0.2) is 15.0 Å². The summed E-state index contributed by atoms with van der Waals surface area (Å²) >= 11 is 0. The Morgan fingerprint density at radius 2 is 1.87 bits per heavy atom. The summed E-state index contributed by atoms with van der Waals surface area (Å²) in [6.45, 7) is 3.50. The average molecular weight is 419 g/mol. The van der Waals surface area contributed by atoms with Crippen molar-refractivity contribution in [2.24, 2.45) is 0 Å². The smallest absolute Gasteiger partial charge is 0.303 e. The Balaban J connectivity index is 1.86. The standard InChI is InChI=1S/C18H21N5O7/c1-8(24)27-6-18-11(28-9(2)25)4-13-22-15-16(19)20-7-21-17(15)23(13)14(30-18)5-12(18)29-10(3)26/h7,11-12,14H,4-6H2,1-3H3,(H2,19,20,21)/t11-,12-,14+,18+/m0/s1. The van der Waals surface area contributed by atoms with E-state index in [9.17, 15) is 14.4 Å². The summed E-state index contributed by atoms with van der Waals surface area (Å²) in [5, 5.41) is 0. The number of carbonyl (C=O) groups excluding carboxylic acids is 3. The molecule has 12 heteroatoms. The van der Waals surface area contributed by atoms with E-state index in [0.717, 1.165) is 0 Å². The largest absolute Gasteiger partial charge is 0.462 e. The lowest BCUT2D eigenvalue weighted by molar-refractivity contribution is -0.208. The number of rotatable bonds is 4. The van der Waals surface area contributed by atoms with Gasteiger partial charge in [-0.15, -0.1) is 0 Å². The van der Waals surface area contributed by atoms with Crippen LogP contribution < -0.4 is 5.73 Å². The molecule has 1 fully saturated rings. The van der Waals surface area contributed by atoms with Crippen LogP contribution in [-0.2, 0) is 39.8 Å². The molecule has 0 amide bonds. The Kier molecular flexibility index (Phi) is 4.80. The molecule has 0 unspecified atom stereocenters. The molecule has 2 aliphatic rings. The second-order valence-electron chi connectivity index (χ2n) is 7.27. The summed E-state index contributed by atoms with van der Waals surface area (Å²) in [7, 11) is 0. The number of ether oxygens (including phenoxy) is 4. The van der Waals surface area contributed by atoms with Gasteiger partial charge < -0.3 is 24.7 Å². The normalized spacial score (nSPS) is 27.2. The van der Waals surface area contributed by atoms with E-state index in [1.807, 2.05) is 0 Å². The predicted octanol–water partition coefficient (Wildman–Crippen LogP) is 0.0488. The van der Waals surface area contributed by atoms with Crippen LogP contribution in [0, 0.1) is 0 Å². The van der Waals surface area contributed by atoms with Gasteiger partial charge in [0.05, 0.1) is 0 Å². The number of nitrogens with two attached hydrogens (primary N) is 1. The lowest BCUT2D eigenvalue weighted by Crippen LogP contribution is -2.57. The first-order valence-corrected chi connectivity index (χ1v) is 9.34. The molecule has 4 atom stereocenters. The SMILES string of the molecule is CC(=O)OC[C@]12O[C@H](C[C@@H]1OC(C)=O)n1c(nc3c(N)ncnc31)C[C@@H]2OC(C)=O. The lowest BCUT2D eigenvalue weighted by atomic mass is 9.87. The van der Waals surface area contributed by atoms with Crippen LogP contribution in [0.15, 0.2) is 6.33 Å². The third-order valence-corrected chi connectivity index (χ3v) is 5.21. The molecule has 0 aliphatic carbocycles. The minimum absolute atomic E-state index is 0.102. The molecule has 2 aromatic rings. The summed E-state index contributed by atoms with van der Waals surface area (Å²) < 4.78 is 24.4. The van der Waals surface area contributed by atoms with Gasteiger partial charge in [0.1, 0.15) is 37.2 Å². The van der Waals surface area contributed by atoms with Crippen LogP contribution in [0.3, 0.4) is 0 Å². The maximum atomic E-state index is 11.9. The molecule has 0 saturated carbocycles. The van der Waals surface area contributed by atoms with Crippen LogP contribution in [0.4, 0.5) is 5.82 Å². The number of nitrogen functional groups attached to an aromatic ring is 1. The second kappa shape index (κ2) is 7.20. The highest BCUT2D eigenvalue weighted by Gasteiger charge is 2.61. The first kappa shape index (κ1) is 20.0. The highest BCUT2D eigenvalue weighted by Crippen LogP contribution is 2.47. The molecule has 2 N–H and O–H groups in total. The van der Waals surface area contributed by atoms with Crippen LogP contribution in [0.25, 0.3) is 11.2 Å². The van der Waals surface area contributed by atoms with Crippen LogP contribution >= 0.6 is 0 Å². The third kappa shape index (κ3) is 3.22. The van der Waals surface area contributed by atoms with Crippen LogP contribution in [0.2, 0.25) is 0 Å². The molecule has 1 saturated heterocycles. The Morgan fingerprint density at radius 3 is 2.53 bits per heavy atom. The van der Waals surface area contributed by atoms with E-state index in [2.05, 4.69) is 15.0 Å². The van der Waals surface area contributed by atoms with Crippen molar-refractivity contribution in [2.75, 3.05) is 12.3 Å². The maximum absolute atomic E-state index is 11.9. The number of carbonyl (C=O) groups is 3. The van der Waals surface area contributed by atoms with Crippen molar-refractivity contribution in [3.8, 4) is 0 Å². The van der Waals surface area contributed by atoms with E-state index >= 15 is 0 Å². The monoisotopic (exact) mass is 419 g/mol. The third-order valence-electron chi connectivity index (χ3n) is 5.21. The number of esters is 3. The van der Waals surface area contributed by atoms with Gasteiger partial charge in [-0.2, -0.15) is 0 Å². The molecule has 0 aromatic carbocycles. The Hall–Kier alpha value is -3.28. The Labute approximate surface area is 170 Å². The number of imidazole rings is 1. The number of nitrogens with zero attached hydrogens (tertiary/aromatic N) is 4. The zero-order valence-electron chi connectivity index (χ0n) is 16.7.